The minimum absolute atomic E-state index is 0.0570. The summed E-state index contributed by atoms with van der Waals surface area (Å²) in [5.74, 6) is -1.03. The number of urea groups is 1. The normalized spacial score (nSPS) is 15.5. The van der Waals surface area contributed by atoms with Crippen molar-refractivity contribution in [3.05, 3.63) is 0 Å². The van der Waals surface area contributed by atoms with Gasteiger partial charge in [0, 0.05) is 25.9 Å². The summed E-state index contributed by atoms with van der Waals surface area (Å²) in [6.07, 6.45) is 3.14. The van der Waals surface area contributed by atoms with E-state index in [2.05, 4.69) is 5.32 Å². The Morgan fingerprint density at radius 1 is 1.30 bits per heavy atom. The number of carboxylic acids is 1. The molecule has 0 aliphatic heterocycles. The molecule has 0 saturated heterocycles. The number of rotatable bonds is 8. The van der Waals surface area contributed by atoms with E-state index < -0.39 is 11.9 Å². The lowest BCUT2D eigenvalue weighted by atomic mass is 10.0. The van der Waals surface area contributed by atoms with Crippen LogP contribution >= 0.6 is 0 Å². The first-order chi connectivity index (χ1) is 9.42. The molecule has 6 heteroatoms. The van der Waals surface area contributed by atoms with E-state index in [0.717, 1.165) is 19.3 Å². The van der Waals surface area contributed by atoms with E-state index in [-0.39, 0.29) is 24.8 Å². The van der Waals surface area contributed by atoms with Crippen molar-refractivity contribution >= 4 is 17.9 Å². The number of amides is 3. The van der Waals surface area contributed by atoms with E-state index in [4.69, 9.17) is 5.11 Å². The molecule has 1 fully saturated rings. The molecule has 1 rings (SSSR count). The van der Waals surface area contributed by atoms with Crippen molar-refractivity contribution in [3.8, 4) is 0 Å². The van der Waals surface area contributed by atoms with Crippen LogP contribution in [-0.4, -0.2) is 41.0 Å². The highest BCUT2D eigenvalue weighted by Gasteiger charge is 2.27. The van der Waals surface area contributed by atoms with Gasteiger partial charge >= 0.3 is 12.0 Å². The van der Waals surface area contributed by atoms with Crippen molar-refractivity contribution < 1.29 is 19.5 Å². The maximum absolute atomic E-state index is 12.0. The van der Waals surface area contributed by atoms with Gasteiger partial charge in [0.1, 0.15) is 0 Å². The zero-order valence-corrected chi connectivity index (χ0v) is 12.2. The zero-order valence-electron chi connectivity index (χ0n) is 12.2. The van der Waals surface area contributed by atoms with Crippen LogP contribution in [0.1, 0.15) is 46.0 Å². The number of nitrogens with one attached hydrogen (secondary N) is 1. The Hall–Kier alpha value is -1.59. The van der Waals surface area contributed by atoms with Crippen molar-refractivity contribution in [2.75, 3.05) is 13.1 Å². The van der Waals surface area contributed by atoms with Crippen molar-refractivity contribution in [1.29, 1.82) is 0 Å². The predicted molar refractivity (Wildman–Crippen MR) is 74.2 cm³/mol. The fourth-order valence-corrected chi connectivity index (χ4v) is 2.09. The number of carboxylic acid groups (broad SMARTS) is 1. The van der Waals surface area contributed by atoms with Gasteiger partial charge in [-0.15, -0.1) is 0 Å². The number of imide groups is 1. The highest BCUT2D eigenvalue weighted by atomic mass is 16.4. The molecule has 0 aromatic rings. The average molecular weight is 284 g/mol. The molecule has 0 heterocycles. The van der Waals surface area contributed by atoms with E-state index in [1.807, 2.05) is 6.92 Å². The summed E-state index contributed by atoms with van der Waals surface area (Å²) in [5.41, 5.74) is 0. The van der Waals surface area contributed by atoms with Gasteiger partial charge in [0.05, 0.1) is 0 Å². The fraction of sp³-hybridized carbons (Fsp3) is 0.786. The third-order valence-electron chi connectivity index (χ3n) is 3.26. The third-order valence-corrected chi connectivity index (χ3v) is 3.26. The molecule has 3 amide bonds. The molecule has 1 atom stereocenters. The molecule has 0 spiro atoms. The molecule has 6 nitrogen and oxygen atoms in total. The Kier molecular flexibility index (Phi) is 6.48. The SMILES string of the molecule is CCCN(CC1CC1)C(=O)NC(=O)CC(C)CC(=O)O. The molecule has 1 unspecified atom stereocenters. The Balaban J connectivity index is 2.37. The van der Waals surface area contributed by atoms with Gasteiger partial charge in [-0.2, -0.15) is 0 Å². The first kappa shape index (κ1) is 16.5. The molecular weight excluding hydrogens is 260 g/mol. The zero-order chi connectivity index (χ0) is 15.1. The molecule has 114 valence electrons. The van der Waals surface area contributed by atoms with Crippen LogP contribution in [0.25, 0.3) is 0 Å². The number of carbonyl (C=O) groups is 3. The molecule has 0 bridgehead atoms. The van der Waals surface area contributed by atoms with Crippen molar-refractivity contribution in [3.63, 3.8) is 0 Å². The number of carbonyl (C=O) groups excluding carboxylic acids is 2. The van der Waals surface area contributed by atoms with Gasteiger partial charge in [0.15, 0.2) is 0 Å². The summed E-state index contributed by atoms with van der Waals surface area (Å²) in [5, 5.41) is 11.0. The van der Waals surface area contributed by atoms with Crippen LogP contribution < -0.4 is 5.32 Å². The van der Waals surface area contributed by atoms with Crippen molar-refractivity contribution in [2.24, 2.45) is 11.8 Å². The lowest BCUT2D eigenvalue weighted by molar-refractivity contribution is -0.138. The van der Waals surface area contributed by atoms with Gasteiger partial charge in [0.25, 0.3) is 0 Å². The second-order valence-electron chi connectivity index (χ2n) is 5.65. The minimum Gasteiger partial charge on any atom is -0.481 e. The smallest absolute Gasteiger partial charge is 0.324 e. The van der Waals surface area contributed by atoms with Gasteiger partial charge in [-0.3, -0.25) is 14.9 Å². The minimum atomic E-state index is -0.932. The van der Waals surface area contributed by atoms with Crippen molar-refractivity contribution in [1.82, 2.24) is 10.2 Å². The first-order valence-electron chi connectivity index (χ1n) is 7.22. The Morgan fingerprint density at radius 3 is 2.45 bits per heavy atom. The summed E-state index contributed by atoms with van der Waals surface area (Å²) in [6, 6.07) is -0.355. The van der Waals surface area contributed by atoms with Crippen LogP contribution in [0.5, 0.6) is 0 Å². The topological polar surface area (TPSA) is 86.7 Å². The van der Waals surface area contributed by atoms with Crippen LogP contribution in [-0.2, 0) is 9.59 Å². The van der Waals surface area contributed by atoms with Crippen LogP contribution in [0.2, 0.25) is 0 Å². The van der Waals surface area contributed by atoms with Gasteiger partial charge < -0.3 is 10.0 Å². The van der Waals surface area contributed by atoms with Crippen LogP contribution in [0.3, 0.4) is 0 Å². The lowest BCUT2D eigenvalue weighted by Crippen LogP contribution is -2.44. The highest BCUT2D eigenvalue weighted by molar-refractivity contribution is 5.94. The number of hydrogen-bond acceptors (Lipinski definition) is 3. The number of hydrogen-bond donors (Lipinski definition) is 2. The lowest BCUT2D eigenvalue weighted by Gasteiger charge is -2.22. The second kappa shape index (κ2) is 7.87. The largest absolute Gasteiger partial charge is 0.481 e. The molecule has 20 heavy (non-hydrogen) atoms. The molecule has 2 N–H and O–H groups in total. The summed E-state index contributed by atoms with van der Waals surface area (Å²) >= 11 is 0. The fourth-order valence-electron chi connectivity index (χ4n) is 2.09. The van der Waals surface area contributed by atoms with Crippen LogP contribution in [0, 0.1) is 11.8 Å². The van der Waals surface area contributed by atoms with Crippen LogP contribution in [0.15, 0.2) is 0 Å². The van der Waals surface area contributed by atoms with Gasteiger partial charge in [-0.25, -0.2) is 4.79 Å². The Labute approximate surface area is 119 Å². The average Bonchev–Trinajstić information content (AvgIpc) is 3.10. The summed E-state index contributed by atoms with van der Waals surface area (Å²) in [7, 11) is 0. The van der Waals surface area contributed by atoms with Gasteiger partial charge in [0.2, 0.25) is 5.91 Å². The van der Waals surface area contributed by atoms with E-state index in [1.165, 1.54) is 0 Å². The third kappa shape index (κ3) is 6.54. The van der Waals surface area contributed by atoms with E-state index >= 15 is 0 Å². The molecule has 1 saturated carbocycles. The molecule has 1 aliphatic rings. The second-order valence-corrected chi connectivity index (χ2v) is 5.65. The standard InChI is InChI=1S/C14H24N2O4/c1-3-6-16(9-11-4-5-11)14(20)15-12(17)7-10(2)8-13(18)19/h10-11H,3-9H2,1-2H3,(H,18,19)(H,15,17,20). The van der Waals surface area contributed by atoms with E-state index in [9.17, 15) is 14.4 Å². The maximum Gasteiger partial charge on any atom is 0.324 e. The molecule has 0 radical (unpaired) electrons. The highest BCUT2D eigenvalue weighted by Crippen LogP contribution is 2.29. The maximum atomic E-state index is 12.0. The van der Waals surface area contributed by atoms with Crippen LogP contribution in [0.4, 0.5) is 4.79 Å². The quantitative estimate of drug-likeness (QED) is 0.712. The number of nitrogens with zero attached hydrogens (tertiary/aromatic N) is 1. The van der Waals surface area contributed by atoms with E-state index in [0.29, 0.717) is 19.0 Å². The molecule has 0 aromatic heterocycles. The number of aliphatic carboxylic acids is 1. The van der Waals surface area contributed by atoms with Gasteiger partial charge in [-0.1, -0.05) is 13.8 Å². The summed E-state index contributed by atoms with van der Waals surface area (Å²) in [6.45, 7) is 5.02. The Morgan fingerprint density at radius 2 is 1.95 bits per heavy atom. The van der Waals surface area contributed by atoms with E-state index in [1.54, 1.807) is 11.8 Å². The first-order valence-corrected chi connectivity index (χ1v) is 7.22. The predicted octanol–water partition coefficient (Wildman–Crippen LogP) is 1.85. The summed E-state index contributed by atoms with van der Waals surface area (Å²) in [4.78, 5) is 35.9. The molecular formula is C14H24N2O4. The molecule has 0 aromatic carbocycles. The monoisotopic (exact) mass is 284 g/mol. The van der Waals surface area contributed by atoms with Gasteiger partial charge in [-0.05, 0) is 31.1 Å². The molecule has 1 aliphatic carbocycles. The summed E-state index contributed by atoms with van der Waals surface area (Å²) < 4.78 is 0. The Bertz CT molecular complexity index is 366. The van der Waals surface area contributed by atoms with Crippen molar-refractivity contribution in [2.45, 2.75) is 46.0 Å².